The molecular formula is C15H10BrFN2O3. The minimum Gasteiger partial charge on any atom is -0.454 e. The van der Waals surface area contributed by atoms with E-state index in [1.165, 1.54) is 24.4 Å². The molecule has 0 aliphatic carbocycles. The van der Waals surface area contributed by atoms with Crippen molar-refractivity contribution in [1.82, 2.24) is 5.43 Å². The van der Waals surface area contributed by atoms with Gasteiger partial charge in [0.05, 0.1) is 11.8 Å². The summed E-state index contributed by atoms with van der Waals surface area (Å²) in [6, 6.07) is 9.17. The number of hydrogen-bond donors (Lipinski definition) is 1. The van der Waals surface area contributed by atoms with Crippen LogP contribution < -0.4 is 14.9 Å². The Balaban J connectivity index is 1.73. The van der Waals surface area contributed by atoms with Crippen LogP contribution in [0.1, 0.15) is 15.9 Å². The summed E-state index contributed by atoms with van der Waals surface area (Å²) >= 11 is 3.37. The van der Waals surface area contributed by atoms with Crippen LogP contribution in [0.25, 0.3) is 0 Å². The first kappa shape index (κ1) is 14.5. The van der Waals surface area contributed by atoms with Gasteiger partial charge in [0, 0.05) is 10.0 Å². The molecule has 5 nitrogen and oxygen atoms in total. The van der Waals surface area contributed by atoms with Crippen LogP contribution in [-0.4, -0.2) is 18.9 Å². The van der Waals surface area contributed by atoms with Gasteiger partial charge in [-0.1, -0.05) is 12.1 Å². The second-order valence-electron chi connectivity index (χ2n) is 4.41. The van der Waals surface area contributed by atoms with Crippen molar-refractivity contribution in [2.24, 2.45) is 5.10 Å². The molecule has 3 rings (SSSR count). The molecular weight excluding hydrogens is 355 g/mol. The summed E-state index contributed by atoms with van der Waals surface area (Å²) < 4.78 is 24.7. The highest BCUT2D eigenvalue weighted by Gasteiger charge is 2.15. The summed E-state index contributed by atoms with van der Waals surface area (Å²) in [7, 11) is 0. The van der Waals surface area contributed by atoms with Gasteiger partial charge in [-0.25, -0.2) is 9.82 Å². The normalized spacial score (nSPS) is 12.6. The number of carbonyl (C=O) groups excluding carboxylic acids is 1. The average Bonchev–Trinajstić information content (AvgIpc) is 2.94. The maximum Gasteiger partial charge on any atom is 0.274 e. The van der Waals surface area contributed by atoms with Crippen LogP contribution in [0.15, 0.2) is 46.0 Å². The SMILES string of the molecule is O=C(NN=Cc1cc2c(cc1Br)OCO2)c1ccccc1F. The first-order valence-corrected chi connectivity index (χ1v) is 7.11. The van der Waals surface area contributed by atoms with E-state index in [-0.39, 0.29) is 12.4 Å². The molecule has 1 heterocycles. The molecule has 0 atom stereocenters. The van der Waals surface area contributed by atoms with Gasteiger partial charge in [-0.2, -0.15) is 5.10 Å². The first-order valence-electron chi connectivity index (χ1n) is 6.32. The Morgan fingerprint density at radius 1 is 1.27 bits per heavy atom. The van der Waals surface area contributed by atoms with Crippen LogP contribution in [0.3, 0.4) is 0 Å². The zero-order valence-electron chi connectivity index (χ0n) is 11.2. The van der Waals surface area contributed by atoms with Gasteiger partial charge < -0.3 is 9.47 Å². The van der Waals surface area contributed by atoms with E-state index in [0.717, 1.165) is 4.47 Å². The van der Waals surface area contributed by atoms with Crippen molar-refractivity contribution in [2.45, 2.75) is 0 Å². The molecule has 1 N–H and O–H groups in total. The van der Waals surface area contributed by atoms with E-state index in [2.05, 4.69) is 26.5 Å². The lowest BCUT2D eigenvalue weighted by Crippen LogP contribution is -2.18. The smallest absolute Gasteiger partial charge is 0.274 e. The lowest BCUT2D eigenvalue weighted by molar-refractivity contribution is 0.0951. The molecule has 0 spiro atoms. The predicted octanol–water partition coefficient (Wildman–Crippen LogP) is 3.08. The van der Waals surface area contributed by atoms with E-state index in [0.29, 0.717) is 17.1 Å². The lowest BCUT2D eigenvalue weighted by Gasteiger charge is -2.03. The van der Waals surface area contributed by atoms with Crippen LogP contribution in [0.2, 0.25) is 0 Å². The third kappa shape index (κ3) is 2.94. The van der Waals surface area contributed by atoms with Crippen molar-refractivity contribution < 1.29 is 18.7 Å². The third-order valence-electron chi connectivity index (χ3n) is 2.98. The molecule has 0 aromatic heterocycles. The zero-order valence-corrected chi connectivity index (χ0v) is 12.8. The zero-order chi connectivity index (χ0) is 15.5. The molecule has 0 fully saturated rings. The number of nitrogens with zero attached hydrogens (tertiary/aromatic N) is 1. The largest absolute Gasteiger partial charge is 0.454 e. The van der Waals surface area contributed by atoms with Gasteiger partial charge in [0.25, 0.3) is 5.91 Å². The van der Waals surface area contributed by atoms with Gasteiger partial charge in [0.1, 0.15) is 5.82 Å². The van der Waals surface area contributed by atoms with Gasteiger partial charge >= 0.3 is 0 Å². The summed E-state index contributed by atoms with van der Waals surface area (Å²) in [6.45, 7) is 0.173. The maximum absolute atomic E-state index is 13.5. The van der Waals surface area contributed by atoms with E-state index < -0.39 is 11.7 Å². The fourth-order valence-corrected chi connectivity index (χ4v) is 2.32. The van der Waals surface area contributed by atoms with Crippen molar-refractivity contribution >= 4 is 28.1 Å². The van der Waals surface area contributed by atoms with Crippen LogP contribution in [0.4, 0.5) is 4.39 Å². The third-order valence-corrected chi connectivity index (χ3v) is 3.67. The minimum absolute atomic E-state index is 0.0654. The highest BCUT2D eigenvalue weighted by molar-refractivity contribution is 9.10. The monoisotopic (exact) mass is 364 g/mol. The van der Waals surface area contributed by atoms with Crippen molar-refractivity contribution in [3.63, 3.8) is 0 Å². The molecule has 0 unspecified atom stereocenters. The van der Waals surface area contributed by atoms with E-state index in [4.69, 9.17) is 9.47 Å². The number of ether oxygens (including phenoxy) is 2. The molecule has 0 radical (unpaired) electrons. The second kappa shape index (κ2) is 6.15. The second-order valence-corrected chi connectivity index (χ2v) is 5.26. The van der Waals surface area contributed by atoms with E-state index in [9.17, 15) is 9.18 Å². The molecule has 0 saturated carbocycles. The molecule has 0 bridgehead atoms. The van der Waals surface area contributed by atoms with E-state index >= 15 is 0 Å². The molecule has 112 valence electrons. The number of nitrogens with one attached hydrogen (secondary N) is 1. The van der Waals surface area contributed by atoms with Crippen LogP contribution in [-0.2, 0) is 0 Å². The summed E-state index contributed by atoms with van der Waals surface area (Å²) in [5.74, 6) is 0.0233. The summed E-state index contributed by atoms with van der Waals surface area (Å²) in [5.41, 5.74) is 2.91. The Morgan fingerprint density at radius 2 is 2.00 bits per heavy atom. The van der Waals surface area contributed by atoms with Gasteiger partial charge in [0.15, 0.2) is 11.5 Å². The van der Waals surface area contributed by atoms with Gasteiger partial charge in [-0.15, -0.1) is 0 Å². The number of amides is 1. The Labute approximate surface area is 133 Å². The number of hydrogen-bond acceptors (Lipinski definition) is 4. The van der Waals surface area contributed by atoms with Gasteiger partial charge in [-0.3, -0.25) is 4.79 Å². The molecule has 2 aromatic rings. The molecule has 7 heteroatoms. The Kier molecular flexibility index (Phi) is 4.06. The quantitative estimate of drug-likeness (QED) is 0.672. The molecule has 1 amide bonds. The highest BCUT2D eigenvalue weighted by atomic mass is 79.9. The number of halogens is 2. The fraction of sp³-hybridized carbons (Fsp3) is 0.0667. The summed E-state index contributed by atoms with van der Waals surface area (Å²) in [6.07, 6.45) is 1.44. The van der Waals surface area contributed by atoms with Gasteiger partial charge in [0.2, 0.25) is 6.79 Å². The topological polar surface area (TPSA) is 59.9 Å². The van der Waals surface area contributed by atoms with Crippen molar-refractivity contribution in [3.05, 3.63) is 57.8 Å². The highest BCUT2D eigenvalue weighted by Crippen LogP contribution is 2.36. The van der Waals surface area contributed by atoms with Crippen LogP contribution in [0, 0.1) is 5.82 Å². The summed E-state index contributed by atoms with van der Waals surface area (Å²) in [5, 5.41) is 3.83. The summed E-state index contributed by atoms with van der Waals surface area (Å²) in [4.78, 5) is 11.8. The molecule has 1 aliphatic heterocycles. The number of benzene rings is 2. The van der Waals surface area contributed by atoms with Crippen LogP contribution >= 0.6 is 15.9 Å². The van der Waals surface area contributed by atoms with Crippen molar-refractivity contribution in [3.8, 4) is 11.5 Å². The fourth-order valence-electron chi connectivity index (χ4n) is 1.90. The minimum atomic E-state index is -0.619. The molecule has 2 aromatic carbocycles. The maximum atomic E-state index is 13.5. The number of fused-ring (bicyclic) bond motifs is 1. The van der Waals surface area contributed by atoms with E-state index in [1.807, 2.05) is 0 Å². The number of hydrazone groups is 1. The van der Waals surface area contributed by atoms with E-state index in [1.54, 1.807) is 18.2 Å². The van der Waals surface area contributed by atoms with Crippen molar-refractivity contribution in [1.29, 1.82) is 0 Å². The average molecular weight is 365 g/mol. The number of carbonyl (C=O) groups is 1. The molecule has 22 heavy (non-hydrogen) atoms. The van der Waals surface area contributed by atoms with Crippen molar-refractivity contribution in [2.75, 3.05) is 6.79 Å². The standard InChI is InChI=1S/C15H10BrFN2O3/c16-11-6-14-13(21-8-22-14)5-9(11)7-18-19-15(20)10-3-1-2-4-12(10)17/h1-7H,8H2,(H,19,20). The van der Waals surface area contributed by atoms with Gasteiger partial charge in [-0.05, 0) is 40.2 Å². The predicted molar refractivity (Wildman–Crippen MR) is 81.7 cm³/mol. The lowest BCUT2D eigenvalue weighted by atomic mass is 10.2. The molecule has 1 aliphatic rings. The molecule has 0 saturated heterocycles. The first-order chi connectivity index (χ1) is 10.6. The number of rotatable bonds is 3. The Morgan fingerprint density at radius 3 is 2.77 bits per heavy atom. The van der Waals surface area contributed by atoms with Crippen LogP contribution in [0.5, 0.6) is 11.5 Å². The Bertz CT molecular complexity index is 764. The Hall–Kier alpha value is -2.41.